The van der Waals surface area contributed by atoms with Crippen molar-refractivity contribution in [3.63, 3.8) is 0 Å². The van der Waals surface area contributed by atoms with Gasteiger partial charge >= 0.3 is 18.2 Å². The maximum Gasteiger partial charge on any atom is 0.414 e. The van der Waals surface area contributed by atoms with E-state index in [-0.39, 0.29) is 66.0 Å². The van der Waals surface area contributed by atoms with Gasteiger partial charge in [-0.2, -0.15) is 23.5 Å². The van der Waals surface area contributed by atoms with Crippen molar-refractivity contribution in [3.8, 4) is 0 Å². The first-order chi connectivity index (χ1) is 33.7. The van der Waals surface area contributed by atoms with Crippen LogP contribution in [0.25, 0.3) is 0 Å². The lowest BCUT2D eigenvalue weighted by atomic mass is 9.96. The highest BCUT2D eigenvalue weighted by molar-refractivity contribution is 8.00. The fourth-order valence-electron chi connectivity index (χ4n) is 9.00. The van der Waals surface area contributed by atoms with Crippen molar-refractivity contribution in [2.45, 2.75) is 203 Å². The van der Waals surface area contributed by atoms with Gasteiger partial charge in [0.05, 0.1) is 29.7 Å². The van der Waals surface area contributed by atoms with E-state index in [2.05, 4.69) is 31.9 Å². The van der Waals surface area contributed by atoms with E-state index in [0.29, 0.717) is 85.2 Å². The number of benzene rings is 1. The molecule has 2 saturated heterocycles. The minimum atomic E-state index is -1.11. The molecule has 71 heavy (non-hydrogen) atoms. The van der Waals surface area contributed by atoms with Crippen LogP contribution < -0.4 is 31.9 Å². The summed E-state index contributed by atoms with van der Waals surface area (Å²) in [5.41, 5.74) is 0.0249. The predicted molar refractivity (Wildman–Crippen MR) is 278 cm³/mol. The van der Waals surface area contributed by atoms with E-state index in [1.165, 1.54) is 12.1 Å². The van der Waals surface area contributed by atoms with Crippen molar-refractivity contribution in [3.05, 3.63) is 34.9 Å². The van der Waals surface area contributed by atoms with Gasteiger partial charge in [0.25, 0.3) is 0 Å². The molecule has 4 heterocycles. The number of ether oxygens (including phenoxy) is 2. The van der Waals surface area contributed by atoms with Gasteiger partial charge in [0, 0.05) is 73.6 Å². The number of aromatic carboxylic acids is 1. The lowest BCUT2D eigenvalue weighted by Crippen LogP contribution is -2.44. The van der Waals surface area contributed by atoms with Crippen LogP contribution in [0.1, 0.15) is 166 Å². The van der Waals surface area contributed by atoms with Gasteiger partial charge in [-0.3, -0.25) is 29.8 Å². The summed E-state index contributed by atoms with van der Waals surface area (Å²) in [5.74, 6) is 1.62. The second-order valence-corrected chi connectivity index (χ2v) is 23.6. The predicted octanol–water partition coefficient (Wildman–Crippen LogP) is 6.76. The molecular formula is C51H78N8O10S2. The van der Waals surface area contributed by atoms with Crippen LogP contribution in [0.4, 0.5) is 9.59 Å². The van der Waals surface area contributed by atoms with Gasteiger partial charge in [-0.25, -0.2) is 24.4 Å². The van der Waals surface area contributed by atoms with Crippen molar-refractivity contribution in [1.82, 2.24) is 31.9 Å². The van der Waals surface area contributed by atoms with Crippen LogP contribution in [0.5, 0.6) is 0 Å². The van der Waals surface area contributed by atoms with E-state index >= 15 is 0 Å². The molecule has 5 rings (SSSR count). The van der Waals surface area contributed by atoms with E-state index in [4.69, 9.17) is 19.5 Å². The Morgan fingerprint density at radius 2 is 1.00 bits per heavy atom. The fraction of sp³-hybridized carbons (Fsp3) is 0.706. The van der Waals surface area contributed by atoms with Crippen molar-refractivity contribution < 1.29 is 48.1 Å². The molecule has 2 fully saturated rings. The normalized spacial score (nSPS) is 21.2. The van der Waals surface area contributed by atoms with Gasteiger partial charge < -0.3 is 35.8 Å². The number of carbonyl (C=O) groups excluding carboxylic acids is 6. The van der Waals surface area contributed by atoms with Gasteiger partial charge in [-0.05, 0) is 116 Å². The molecule has 0 bridgehead atoms. The lowest BCUT2D eigenvalue weighted by Gasteiger charge is -2.19. The number of ketones is 2. The van der Waals surface area contributed by atoms with E-state index in [9.17, 15) is 38.7 Å². The number of nitrogens with zero attached hydrogens (tertiary/aromatic N) is 2. The Kier molecular flexibility index (Phi) is 22.4. The van der Waals surface area contributed by atoms with Crippen molar-refractivity contribution >= 4 is 77.0 Å². The Balaban J connectivity index is 0.864. The van der Waals surface area contributed by atoms with Crippen molar-refractivity contribution in [1.29, 1.82) is 0 Å². The summed E-state index contributed by atoms with van der Waals surface area (Å²) >= 11 is 3.74. The first-order valence-corrected chi connectivity index (χ1v) is 27.6. The molecule has 1 aromatic carbocycles. The van der Waals surface area contributed by atoms with E-state index in [0.717, 1.165) is 75.7 Å². The average molecular weight is 1030 g/mol. The molecule has 20 heteroatoms. The lowest BCUT2D eigenvalue weighted by molar-refractivity contribution is -0.122. The first-order valence-electron chi connectivity index (χ1n) is 25.5. The van der Waals surface area contributed by atoms with Gasteiger partial charge in [-0.1, -0.05) is 31.7 Å². The van der Waals surface area contributed by atoms with Gasteiger partial charge in [0.2, 0.25) is 23.7 Å². The van der Waals surface area contributed by atoms with Crippen LogP contribution in [0.15, 0.2) is 28.2 Å². The molecule has 0 aromatic heterocycles. The number of guanidine groups is 2. The number of amides is 4. The number of alkyl carbamates (subject to hydrolysis) is 2. The maximum atomic E-state index is 12.9. The quantitative estimate of drug-likeness (QED) is 0.0450. The SMILES string of the molecule is CC(C)(C)OC(=O)NC1=NC2C(CSC2CCCCC(=O)NCCCCCC(=O)Cc2cc(CC(=O)CCCCCNC(=O)CCCCC3SCC4NC(NC(=O)OC(C)(C)C)=NC43)cc(C(=O)O)c2)N1. The van der Waals surface area contributed by atoms with E-state index in [1.807, 2.05) is 65.1 Å². The van der Waals surface area contributed by atoms with Crippen LogP contribution >= 0.6 is 23.5 Å². The molecule has 0 spiro atoms. The topological polar surface area (TPSA) is 255 Å². The highest BCUT2D eigenvalue weighted by atomic mass is 32.2. The summed E-state index contributed by atoms with van der Waals surface area (Å²) in [6.45, 7) is 11.9. The Morgan fingerprint density at radius 1 is 0.592 bits per heavy atom. The van der Waals surface area contributed by atoms with Crippen LogP contribution in [-0.4, -0.2) is 129 Å². The minimum absolute atomic E-state index is 0.00806. The number of rotatable bonds is 27. The van der Waals surface area contributed by atoms with Crippen LogP contribution in [0, 0.1) is 0 Å². The summed E-state index contributed by atoms with van der Waals surface area (Å²) < 4.78 is 10.7. The van der Waals surface area contributed by atoms with Crippen molar-refractivity contribution in [2.24, 2.45) is 9.98 Å². The highest BCUT2D eigenvalue weighted by Gasteiger charge is 2.42. The smallest absolute Gasteiger partial charge is 0.414 e. The van der Waals surface area contributed by atoms with Gasteiger partial charge in [0.15, 0.2) is 0 Å². The number of aliphatic imine (C=N–C) groups is 2. The third kappa shape index (κ3) is 21.0. The Morgan fingerprint density at radius 3 is 1.39 bits per heavy atom. The molecule has 18 nitrogen and oxygen atoms in total. The Bertz CT molecular complexity index is 1950. The average Bonchev–Trinajstić information content (AvgIpc) is 4.04. The van der Waals surface area contributed by atoms with Gasteiger partial charge in [-0.15, -0.1) is 0 Å². The molecule has 7 N–H and O–H groups in total. The van der Waals surface area contributed by atoms with Crippen molar-refractivity contribution in [2.75, 3.05) is 24.6 Å². The number of carbonyl (C=O) groups is 7. The number of nitrogens with one attached hydrogen (secondary N) is 6. The minimum Gasteiger partial charge on any atom is -0.478 e. The van der Waals surface area contributed by atoms with E-state index < -0.39 is 29.4 Å². The molecule has 6 unspecified atom stereocenters. The number of unbranched alkanes of at least 4 members (excludes halogenated alkanes) is 6. The fourth-order valence-corrected chi connectivity index (χ4v) is 12.0. The monoisotopic (exact) mass is 1030 g/mol. The molecule has 0 radical (unpaired) electrons. The Hall–Kier alpha value is -4.85. The zero-order valence-corrected chi connectivity index (χ0v) is 44.2. The van der Waals surface area contributed by atoms with Crippen LogP contribution in [0.3, 0.4) is 0 Å². The molecule has 0 aliphatic carbocycles. The van der Waals surface area contributed by atoms with Gasteiger partial charge in [0.1, 0.15) is 22.8 Å². The summed E-state index contributed by atoms with van der Waals surface area (Å²) in [6.07, 6.45) is 10.3. The number of Topliss-reactive ketones (excluding diaryl/α,β-unsaturated/α-hetero) is 2. The molecule has 4 aliphatic heterocycles. The third-order valence-corrected chi connectivity index (χ3v) is 15.3. The third-order valence-electron chi connectivity index (χ3n) is 12.3. The zero-order valence-electron chi connectivity index (χ0n) is 42.6. The van der Waals surface area contributed by atoms with Crippen LogP contribution in [-0.2, 0) is 41.5 Å². The largest absolute Gasteiger partial charge is 0.478 e. The maximum absolute atomic E-state index is 12.9. The summed E-state index contributed by atoms with van der Waals surface area (Å²) in [5, 5.41) is 28.3. The summed E-state index contributed by atoms with van der Waals surface area (Å²) in [7, 11) is 0. The summed E-state index contributed by atoms with van der Waals surface area (Å²) in [6, 6.07) is 5.27. The van der Waals surface area contributed by atoms with Crippen LogP contribution in [0.2, 0.25) is 0 Å². The molecule has 4 amide bonds. The molecule has 1 aromatic rings. The number of thioether (sulfide) groups is 2. The number of hydrogen-bond acceptors (Lipinski definition) is 15. The number of carboxylic acid groups (broad SMARTS) is 1. The first kappa shape index (κ1) is 57.1. The molecule has 0 saturated carbocycles. The number of hydrogen-bond donors (Lipinski definition) is 7. The Labute approximate surface area is 427 Å². The van der Waals surface area contributed by atoms with E-state index in [1.54, 1.807) is 6.07 Å². The highest BCUT2D eigenvalue weighted by Crippen LogP contribution is 2.36. The molecular weight excluding hydrogens is 949 g/mol. The molecule has 394 valence electrons. The summed E-state index contributed by atoms with van der Waals surface area (Å²) in [4.78, 5) is 96.3. The molecule has 6 atom stereocenters. The number of fused-ring (bicyclic) bond motifs is 2. The zero-order chi connectivity index (χ0) is 51.6. The number of carboxylic acids is 1. The molecule has 4 aliphatic rings. The standard InChI is InChI=1S/C51H78N8O10S2/c1-50(2,3)68-48(66)58-46-54-37-30-70-39(43(37)56-46)19-11-13-21-41(62)52-23-15-7-9-17-35(60)28-32-25-33(27-34(26-32)45(64)65)29-36(61)18-10-8-16-24-53-42(63)22-14-12-20-40-44-38(31-71-40)55-47(57-44)59-49(67)69-51(4,5)6/h25-27,37-40,43-44H,7-24,28-31H2,1-6H3,(H,52,62)(H,53,63)(H,64,65)(H2,54,56,58,66)(H2,55,57,59,67). The second-order valence-electron chi connectivity index (χ2n) is 21.0. The second kappa shape index (κ2) is 27.8.